The number of ether oxygens (including phenoxy) is 1. The van der Waals surface area contributed by atoms with E-state index < -0.39 is 5.82 Å². The number of aryl methyl sites for hydroxylation is 1. The molecule has 1 aromatic heterocycles. The van der Waals surface area contributed by atoms with Crippen LogP contribution in [0, 0.1) is 12.7 Å². The number of pyridine rings is 1. The van der Waals surface area contributed by atoms with Crippen molar-refractivity contribution in [2.45, 2.75) is 39.2 Å². The minimum absolute atomic E-state index is 0.0222. The zero-order chi connectivity index (χ0) is 21.5. The number of nitrogens with zero attached hydrogens (tertiary/aromatic N) is 2. The third-order valence-electron chi connectivity index (χ3n) is 4.93. The average molecular weight is 414 g/mol. The lowest BCUT2D eigenvalue weighted by atomic mass is 10.1. The van der Waals surface area contributed by atoms with Crippen LogP contribution in [0.25, 0.3) is 0 Å². The van der Waals surface area contributed by atoms with Crippen molar-refractivity contribution in [3.63, 3.8) is 0 Å². The Morgan fingerprint density at radius 1 is 1.30 bits per heavy atom. The number of rotatable bonds is 6. The zero-order valence-corrected chi connectivity index (χ0v) is 17.3. The van der Waals surface area contributed by atoms with Crippen molar-refractivity contribution in [2.75, 3.05) is 25.0 Å². The summed E-state index contributed by atoms with van der Waals surface area (Å²) in [6.07, 6.45) is 3.58. The summed E-state index contributed by atoms with van der Waals surface area (Å²) in [4.78, 5) is 29.4. The topological polar surface area (TPSA) is 83.6 Å². The summed E-state index contributed by atoms with van der Waals surface area (Å²) >= 11 is 0. The molecule has 0 saturated carbocycles. The number of carbonyl (C=O) groups is 2. The number of hydrogen-bond donors (Lipinski definition) is 2. The van der Waals surface area contributed by atoms with Gasteiger partial charge in [0, 0.05) is 31.8 Å². The van der Waals surface area contributed by atoms with E-state index >= 15 is 0 Å². The molecule has 8 heteroatoms. The maximum atomic E-state index is 14.0. The molecule has 1 aromatic carbocycles. The number of nitrogens with one attached hydrogen (secondary N) is 2. The van der Waals surface area contributed by atoms with E-state index in [2.05, 4.69) is 15.6 Å². The Hall–Kier alpha value is -3.16. The van der Waals surface area contributed by atoms with Crippen LogP contribution in [0.1, 0.15) is 31.0 Å². The Kier molecular flexibility index (Phi) is 7.21. The Bertz CT molecular complexity index is 888. The summed E-state index contributed by atoms with van der Waals surface area (Å²) in [5.74, 6) is 0.0708. The minimum atomic E-state index is -0.392. The summed E-state index contributed by atoms with van der Waals surface area (Å²) < 4.78 is 20.0. The highest BCUT2D eigenvalue weighted by Gasteiger charge is 2.23. The van der Waals surface area contributed by atoms with Gasteiger partial charge in [-0.15, -0.1) is 0 Å². The number of urea groups is 1. The number of carbonyl (C=O) groups excluding carboxylic acids is 2. The number of halogens is 1. The van der Waals surface area contributed by atoms with Crippen LogP contribution in [0.2, 0.25) is 0 Å². The van der Waals surface area contributed by atoms with Gasteiger partial charge in [0.05, 0.1) is 18.4 Å². The first-order valence-corrected chi connectivity index (χ1v) is 10.1. The molecule has 1 aliphatic rings. The van der Waals surface area contributed by atoms with Crippen molar-refractivity contribution in [2.24, 2.45) is 0 Å². The van der Waals surface area contributed by atoms with E-state index in [4.69, 9.17) is 4.74 Å². The molecule has 3 rings (SSSR count). The molecular formula is C22H27FN4O3. The first kappa shape index (κ1) is 21.5. The quantitative estimate of drug-likeness (QED) is 0.760. The van der Waals surface area contributed by atoms with Crippen molar-refractivity contribution in [1.82, 2.24) is 15.2 Å². The third kappa shape index (κ3) is 6.43. The van der Waals surface area contributed by atoms with Crippen LogP contribution in [0.5, 0.6) is 5.75 Å². The van der Waals surface area contributed by atoms with E-state index in [1.54, 1.807) is 30.2 Å². The molecule has 1 atom stereocenters. The molecule has 30 heavy (non-hydrogen) atoms. The predicted octanol–water partition coefficient (Wildman–Crippen LogP) is 3.28. The molecule has 1 fully saturated rings. The van der Waals surface area contributed by atoms with Gasteiger partial charge in [-0.2, -0.15) is 0 Å². The summed E-state index contributed by atoms with van der Waals surface area (Å²) in [6, 6.07) is 7.79. The van der Waals surface area contributed by atoms with Gasteiger partial charge in [-0.3, -0.25) is 9.78 Å². The van der Waals surface area contributed by atoms with Gasteiger partial charge in [0.25, 0.3) is 0 Å². The molecule has 2 N–H and O–H groups in total. The lowest BCUT2D eigenvalue weighted by Crippen LogP contribution is -2.43. The Balaban J connectivity index is 1.50. The van der Waals surface area contributed by atoms with E-state index in [-0.39, 0.29) is 18.0 Å². The molecule has 0 unspecified atom stereocenters. The van der Waals surface area contributed by atoms with Gasteiger partial charge in [-0.25, -0.2) is 9.18 Å². The molecular weight excluding hydrogens is 387 g/mol. The number of aromatic nitrogens is 1. The lowest BCUT2D eigenvalue weighted by Gasteiger charge is -2.32. The van der Waals surface area contributed by atoms with Crippen LogP contribution in [0.4, 0.5) is 14.9 Å². The second kappa shape index (κ2) is 10.0. The normalized spacial score (nSPS) is 16.1. The maximum absolute atomic E-state index is 14.0. The second-order valence-electron chi connectivity index (χ2n) is 7.46. The van der Waals surface area contributed by atoms with Crippen molar-refractivity contribution in [1.29, 1.82) is 0 Å². The molecule has 2 heterocycles. The summed E-state index contributed by atoms with van der Waals surface area (Å²) in [7, 11) is 0. The van der Waals surface area contributed by atoms with E-state index in [1.807, 2.05) is 13.0 Å². The van der Waals surface area contributed by atoms with E-state index in [9.17, 15) is 14.0 Å². The maximum Gasteiger partial charge on any atom is 0.319 e. The third-order valence-corrected chi connectivity index (χ3v) is 4.93. The number of likely N-dealkylation sites (tertiary alicyclic amines) is 1. The highest BCUT2D eigenvalue weighted by atomic mass is 19.1. The largest absolute Gasteiger partial charge is 0.488 e. The fourth-order valence-electron chi connectivity index (χ4n) is 3.38. The van der Waals surface area contributed by atoms with Gasteiger partial charge < -0.3 is 20.3 Å². The molecule has 0 bridgehead atoms. The van der Waals surface area contributed by atoms with Crippen molar-refractivity contribution < 1.29 is 18.7 Å². The van der Waals surface area contributed by atoms with Crippen LogP contribution in [0.3, 0.4) is 0 Å². The molecule has 0 radical (unpaired) electrons. The predicted molar refractivity (Wildman–Crippen MR) is 112 cm³/mol. The molecule has 160 valence electrons. The van der Waals surface area contributed by atoms with Crippen molar-refractivity contribution in [3.05, 3.63) is 53.6 Å². The van der Waals surface area contributed by atoms with Crippen molar-refractivity contribution >= 4 is 17.6 Å². The fraction of sp³-hybridized carbons (Fsp3) is 0.409. The SMILES string of the molecule is CC(=O)N1CCC[C@@H](Oc2cc(F)cc(CCNC(=O)Nc3ccc(C)nc3)c2)C1. The highest BCUT2D eigenvalue weighted by Crippen LogP contribution is 2.22. The van der Waals surface area contributed by atoms with Crippen LogP contribution in [-0.4, -0.2) is 47.6 Å². The van der Waals surface area contributed by atoms with Gasteiger partial charge in [0.1, 0.15) is 17.7 Å². The van der Waals surface area contributed by atoms with E-state index in [0.717, 1.165) is 30.6 Å². The van der Waals surface area contributed by atoms with Crippen LogP contribution < -0.4 is 15.4 Å². The van der Waals surface area contributed by atoms with Gasteiger partial charge in [0.15, 0.2) is 0 Å². The Morgan fingerprint density at radius 3 is 2.87 bits per heavy atom. The average Bonchev–Trinajstić information content (AvgIpc) is 2.69. The number of piperidine rings is 1. The van der Waals surface area contributed by atoms with Gasteiger partial charge >= 0.3 is 6.03 Å². The monoisotopic (exact) mass is 414 g/mol. The van der Waals surface area contributed by atoms with Crippen LogP contribution >= 0.6 is 0 Å². The van der Waals surface area contributed by atoms with Gasteiger partial charge in [-0.05, 0) is 56.0 Å². The minimum Gasteiger partial charge on any atom is -0.488 e. The number of amides is 3. The van der Waals surface area contributed by atoms with Crippen LogP contribution in [0.15, 0.2) is 36.5 Å². The Morgan fingerprint density at radius 2 is 2.13 bits per heavy atom. The molecule has 2 aromatic rings. The highest BCUT2D eigenvalue weighted by molar-refractivity contribution is 5.88. The lowest BCUT2D eigenvalue weighted by molar-refractivity contribution is -0.131. The van der Waals surface area contributed by atoms with Crippen LogP contribution in [-0.2, 0) is 11.2 Å². The molecule has 1 saturated heterocycles. The number of hydrogen-bond acceptors (Lipinski definition) is 4. The molecule has 0 spiro atoms. The number of anilines is 1. The number of benzene rings is 1. The van der Waals surface area contributed by atoms with E-state index in [1.165, 1.54) is 12.1 Å². The van der Waals surface area contributed by atoms with Gasteiger partial charge in [-0.1, -0.05) is 0 Å². The first-order valence-electron chi connectivity index (χ1n) is 10.1. The smallest absolute Gasteiger partial charge is 0.319 e. The molecule has 0 aliphatic carbocycles. The van der Waals surface area contributed by atoms with Crippen molar-refractivity contribution in [3.8, 4) is 5.75 Å². The summed E-state index contributed by atoms with van der Waals surface area (Å²) in [6.45, 7) is 5.00. The Labute approximate surface area is 175 Å². The summed E-state index contributed by atoms with van der Waals surface area (Å²) in [5, 5.41) is 5.45. The standard InChI is InChI=1S/C22H27FN4O3/c1-15-5-6-19(13-25-15)26-22(29)24-8-7-17-10-18(23)12-21(11-17)30-20-4-3-9-27(14-20)16(2)28/h5-6,10-13,20H,3-4,7-9,14H2,1-2H3,(H2,24,26,29)/t20-/m1/s1. The van der Waals surface area contributed by atoms with E-state index in [0.29, 0.717) is 30.9 Å². The fourth-order valence-corrected chi connectivity index (χ4v) is 3.38. The zero-order valence-electron chi connectivity index (χ0n) is 17.3. The summed E-state index contributed by atoms with van der Waals surface area (Å²) in [5.41, 5.74) is 2.19. The molecule has 1 aliphatic heterocycles. The molecule has 7 nitrogen and oxygen atoms in total. The first-order chi connectivity index (χ1) is 14.4. The van der Waals surface area contributed by atoms with Gasteiger partial charge in [0.2, 0.25) is 5.91 Å². The second-order valence-corrected chi connectivity index (χ2v) is 7.46. The molecule has 3 amide bonds.